The predicted molar refractivity (Wildman–Crippen MR) is 188 cm³/mol. The number of nitrogens with one attached hydrogen (secondary N) is 1. The number of carbonyl (C=O) groups is 1. The summed E-state index contributed by atoms with van der Waals surface area (Å²) in [5.41, 5.74) is 8.41. The van der Waals surface area contributed by atoms with Gasteiger partial charge in [-0.2, -0.15) is 0 Å². The first-order valence-electron chi connectivity index (χ1n) is 14.8. The maximum absolute atomic E-state index is 13.1. The molecule has 1 fully saturated rings. The number of carbonyl (C=O) groups excluding carboxylic acids is 1. The molecule has 7 rings (SSSR count). The highest BCUT2D eigenvalue weighted by atomic mass is 127. The molecule has 0 radical (unpaired) electrons. The van der Waals surface area contributed by atoms with Crippen molar-refractivity contribution >= 4 is 62.9 Å². The van der Waals surface area contributed by atoms with Crippen molar-refractivity contribution in [3.63, 3.8) is 0 Å². The second kappa shape index (κ2) is 12.3. The zero-order chi connectivity index (χ0) is 30.2. The molecular weight excluding hydrogens is 681 g/mol. The molecule has 8 heteroatoms. The van der Waals surface area contributed by atoms with Crippen molar-refractivity contribution in [3.8, 4) is 11.5 Å². The molecule has 4 aromatic rings. The number of thioether (sulfide) groups is 1. The highest BCUT2D eigenvalue weighted by molar-refractivity contribution is 14.1. The molecule has 3 aliphatic rings. The third-order valence-corrected chi connectivity index (χ3v) is 10.3. The van der Waals surface area contributed by atoms with Crippen LogP contribution in [0.5, 0.6) is 11.5 Å². The fourth-order valence-corrected chi connectivity index (χ4v) is 8.36. The number of nitrogens with zero attached hydrogens (tertiary/aromatic N) is 2. The molecule has 222 valence electrons. The van der Waals surface area contributed by atoms with Gasteiger partial charge in [0.05, 0.1) is 28.4 Å². The first kappa shape index (κ1) is 29.0. The molecule has 0 aliphatic carbocycles. The molecule has 1 N–H and O–H groups in total. The van der Waals surface area contributed by atoms with Gasteiger partial charge in [0, 0.05) is 30.6 Å². The highest BCUT2D eigenvalue weighted by Crippen LogP contribution is 2.50. The quantitative estimate of drug-likeness (QED) is 0.162. The van der Waals surface area contributed by atoms with E-state index < -0.39 is 0 Å². The summed E-state index contributed by atoms with van der Waals surface area (Å²) in [6.07, 6.45) is 4.00. The Morgan fingerprint density at radius 2 is 1.50 bits per heavy atom. The molecule has 1 saturated heterocycles. The highest BCUT2D eigenvalue weighted by Gasteiger charge is 2.35. The van der Waals surface area contributed by atoms with Gasteiger partial charge in [0.1, 0.15) is 0 Å². The van der Waals surface area contributed by atoms with Crippen molar-refractivity contribution in [2.45, 2.75) is 24.7 Å². The van der Waals surface area contributed by atoms with E-state index in [9.17, 15) is 4.79 Å². The van der Waals surface area contributed by atoms with E-state index in [1.54, 1.807) is 14.2 Å². The van der Waals surface area contributed by atoms with Gasteiger partial charge in [-0.15, -0.1) is 0 Å². The van der Waals surface area contributed by atoms with Gasteiger partial charge < -0.3 is 19.7 Å². The number of benzene rings is 4. The van der Waals surface area contributed by atoms with Gasteiger partial charge >= 0.3 is 0 Å². The summed E-state index contributed by atoms with van der Waals surface area (Å²) in [6, 6.07) is 30.0. The molecule has 1 amide bonds. The van der Waals surface area contributed by atoms with Gasteiger partial charge in [-0.05, 0) is 105 Å². The van der Waals surface area contributed by atoms with E-state index in [0.29, 0.717) is 33.4 Å². The Balaban J connectivity index is 1.29. The molecule has 2 atom stereocenters. The molecule has 3 aliphatic heterocycles. The van der Waals surface area contributed by atoms with Crippen LogP contribution in [0.3, 0.4) is 0 Å². The fraction of sp³-hybridized carbons (Fsp3) is 0.222. The van der Waals surface area contributed by atoms with Crippen LogP contribution in [-0.2, 0) is 4.79 Å². The lowest BCUT2D eigenvalue weighted by Gasteiger charge is -2.43. The number of methoxy groups -OCH3 is 2. The summed E-state index contributed by atoms with van der Waals surface area (Å²) in [5.74, 6) is 1.74. The standard InChI is InChI=1S/C36H32IN3O3S/c1-42-31-18-22(17-30(37)34(31)43-2)19-32-35(41)39-36(44-32)38-25-20-28-26(23-9-5-3-6-10-23)13-15-40-16-14-27(29(21-25)33(28)40)24-11-7-4-8-12-24/h3-12,17-21,26-27H,13-16H2,1-2H3,(H,38,39,41)/b32-19-/t26-,27-/m0/s1. The van der Waals surface area contributed by atoms with E-state index in [1.165, 1.54) is 39.7 Å². The maximum atomic E-state index is 13.1. The van der Waals surface area contributed by atoms with Crippen LogP contribution in [0.4, 0.5) is 11.4 Å². The Hall–Kier alpha value is -3.76. The predicted octanol–water partition coefficient (Wildman–Crippen LogP) is 8.08. The van der Waals surface area contributed by atoms with E-state index in [2.05, 4.69) is 106 Å². The molecule has 4 aromatic carbocycles. The van der Waals surface area contributed by atoms with Crippen molar-refractivity contribution in [2.24, 2.45) is 4.99 Å². The molecule has 3 heterocycles. The average molecular weight is 714 g/mol. The van der Waals surface area contributed by atoms with Crippen LogP contribution < -0.4 is 19.7 Å². The molecule has 6 nitrogen and oxygen atoms in total. The molecule has 0 aromatic heterocycles. The summed E-state index contributed by atoms with van der Waals surface area (Å²) in [5, 5.41) is 3.59. The molecule has 0 unspecified atom stereocenters. The third-order valence-electron chi connectivity index (χ3n) is 8.64. The van der Waals surface area contributed by atoms with Crippen LogP contribution in [0.1, 0.15) is 52.5 Å². The SMILES string of the molecule is COc1cc(/C=C2\SC(=Nc3cc4c5c(c3)[C@H](c3ccccc3)CCN5CC[C@H]4c3ccccc3)NC2=O)cc(I)c1OC. The topological polar surface area (TPSA) is 63.2 Å². The maximum Gasteiger partial charge on any atom is 0.264 e. The van der Waals surface area contributed by atoms with Gasteiger partial charge in [0.25, 0.3) is 5.91 Å². The second-order valence-electron chi connectivity index (χ2n) is 11.2. The Bertz CT molecular complexity index is 1720. The normalized spacial score (nSPS) is 20.9. The van der Waals surface area contributed by atoms with E-state index in [0.717, 1.165) is 40.8 Å². The van der Waals surface area contributed by atoms with Gasteiger partial charge in [-0.1, -0.05) is 60.7 Å². The van der Waals surface area contributed by atoms with Crippen molar-refractivity contribution in [2.75, 3.05) is 32.2 Å². The zero-order valence-electron chi connectivity index (χ0n) is 24.5. The number of amides is 1. The minimum absolute atomic E-state index is 0.159. The fourth-order valence-electron chi connectivity index (χ4n) is 6.67. The number of hydrogen-bond donors (Lipinski definition) is 1. The monoisotopic (exact) mass is 713 g/mol. The first-order valence-corrected chi connectivity index (χ1v) is 16.7. The molecule has 44 heavy (non-hydrogen) atoms. The number of hydrogen-bond acceptors (Lipinski definition) is 6. The number of ether oxygens (including phenoxy) is 2. The lowest BCUT2D eigenvalue weighted by Crippen LogP contribution is -2.37. The third kappa shape index (κ3) is 5.49. The first-order chi connectivity index (χ1) is 21.5. The Morgan fingerprint density at radius 1 is 0.886 bits per heavy atom. The minimum atomic E-state index is -0.159. The van der Waals surface area contributed by atoms with Crippen molar-refractivity contribution < 1.29 is 14.3 Å². The summed E-state index contributed by atoms with van der Waals surface area (Å²) in [7, 11) is 3.24. The van der Waals surface area contributed by atoms with Gasteiger partial charge in [-0.3, -0.25) is 4.79 Å². The average Bonchev–Trinajstić information content (AvgIpc) is 3.39. The van der Waals surface area contributed by atoms with Crippen LogP contribution in [0.15, 0.2) is 94.8 Å². The number of aliphatic imine (C=N–C) groups is 1. The second-order valence-corrected chi connectivity index (χ2v) is 13.4. The van der Waals surface area contributed by atoms with Gasteiger partial charge in [-0.25, -0.2) is 4.99 Å². The van der Waals surface area contributed by atoms with Crippen molar-refractivity contribution in [1.29, 1.82) is 0 Å². The van der Waals surface area contributed by atoms with Crippen LogP contribution >= 0.6 is 34.4 Å². The molecule has 0 spiro atoms. The smallest absolute Gasteiger partial charge is 0.264 e. The van der Waals surface area contributed by atoms with E-state index >= 15 is 0 Å². The van der Waals surface area contributed by atoms with Crippen LogP contribution in [0.2, 0.25) is 0 Å². The number of amidine groups is 1. The van der Waals surface area contributed by atoms with E-state index in [-0.39, 0.29) is 5.91 Å². The summed E-state index contributed by atoms with van der Waals surface area (Å²) in [4.78, 5) is 21.3. The molecule has 0 bridgehead atoms. The molecular formula is C36H32IN3O3S. The summed E-state index contributed by atoms with van der Waals surface area (Å²) < 4.78 is 11.9. The Labute approximate surface area is 275 Å². The lowest BCUT2D eigenvalue weighted by molar-refractivity contribution is -0.115. The summed E-state index contributed by atoms with van der Waals surface area (Å²) in [6.45, 7) is 2.09. The van der Waals surface area contributed by atoms with Crippen molar-refractivity contribution in [3.05, 3.63) is 121 Å². The van der Waals surface area contributed by atoms with Crippen molar-refractivity contribution in [1.82, 2.24) is 5.32 Å². The van der Waals surface area contributed by atoms with E-state index in [4.69, 9.17) is 14.5 Å². The van der Waals surface area contributed by atoms with Crippen LogP contribution in [0.25, 0.3) is 6.08 Å². The number of anilines is 1. The zero-order valence-corrected chi connectivity index (χ0v) is 27.5. The largest absolute Gasteiger partial charge is 0.493 e. The number of rotatable bonds is 6. The van der Waals surface area contributed by atoms with Gasteiger partial charge in [0.2, 0.25) is 0 Å². The lowest BCUT2D eigenvalue weighted by atomic mass is 9.76. The van der Waals surface area contributed by atoms with Gasteiger partial charge in [0.15, 0.2) is 16.7 Å². The molecule has 0 saturated carbocycles. The number of halogens is 1. The van der Waals surface area contributed by atoms with E-state index in [1.807, 2.05) is 18.2 Å². The van der Waals surface area contributed by atoms with Crippen LogP contribution in [0, 0.1) is 3.57 Å². The van der Waals surface area contributed by atoms with Crippen LogP contribution in [-0.4, -0.2) is 38.4 Å². The minimum Gasteiger partial charge on any atom is -0.493 e. The Kier molecular flexibility index (Phi) is 8.12. The Morgan fingerprint density at radius 3 is 2.07 bits per heavy atom. The summed E-state index contributed by atoms with van der Waals surface area (Å²) >= 11 is 3.58.